The van der Waals surface area contributed by atoms with Crippen molar-refractivity contribution in [1.29, 1.82) is 0 Å². The fourth-order valence-corrected chi connectivity index (χ4v) is 1.58. The zero-order valence-electron chi connectivity index (χ0n) is 8.12. The number of aryl methyl sites for hydroxylation is 2. The van der Waals surface area contributed by atoms with E-state index in [9.17, 15) is 0 Å². The lowest BCUT2D eigenvalue weighted by molar-refractivity contribution is 0.893. The first-order valence-electron chi connectivity index (χ1n) is 4.74. The van der Waals surface area contributed by atoms with Crippen molar-refractivity contribution in [3.05, 3.63) is 35.8 Å². The van der Waals surface area contributed by atoms with E-state index in [-0.39, 0.29) is 0 Å². The first kappa shape index (κ1) is 8.30. The summed E-state index contributed by atoms with van der Waals surface area (Å²) in [5.74, 6) is 0. The van der Waals surface area contributed by atoms with Gasteiger partial charge in [-0.1, -0.05) is 19.4 Å². The van der Waals surface area contributed by atoms with Gasteiger partial charge in [0, 0.05) is 12.4 Å². The van der Waals surface area contributed by atoms with Gasteiger partial charge in [-0.3, -0.25) is 0 Å². The first-order valence-corrected chi connectivity index (χ1v) is 4.74. The highest BCUT2D eigenvalue weighted by Crippen LogP contribution is 2.10. The lowest BCUT2D eigenvalue weighted by Crippen LogP contribution is -1.84. The molecule has 0 N–H and O–H groups in total. The van der Waals surface area contributed by atoms with Gasteiger partial charge in [0.05, 0.1) is 5.69 Å². The monoisotopic (exact) mass is 174 g/mol. The molecule has 0 aromatic carbocycles. The highest BCUT2D eigenvalue weighted by atomic mass is 15.0. The topological polar surface area (TPSA) is 17.3 Å². The van der Waals surface area contributed by atoms with Crippen molar-refractivity contribution in [2.45, 2.75) is 26.7 Å². The minimum atomic E-state index is 1.07. The van der Waals surface area contributed by atoms with Crippen molar-refractivity contribution in [2.75, 3.05) is 0 Å². The highest BCUT2D eigenvalue weighted by molar-refractivity contribution is 5.47. The number of fused-ring (bicyclic) bond motifs is 1. The number of rotatable bonds is 2. The smallest absolute Gasteiger partial charge is 0.139 e. The Morgan fingerprint density at radius 2 is 2.31 bits per heavy atom. The van der Waals surface area contributed by atoms with Crippen LogP contribution in [0.3, 0.4) is 0 Å². The van der Waals surface area contributed by atoms with Crippen LogP contribution in [0.5, 0.6) is 0 Å². The number of nitrogens with zero attached hydrogens (tertiary/aromatic N) is 2. The summed E-state index contributed by atoms with van der Waals surface area (Å²) in [6, 6.07) is 4.15. The lowest BCUT2D eigenvalue weighted by atomic mass is 10.3. The zero-order chi connectivity index (χ0) is 9.26. The van der Waals surface area contributed by atoms with Crippen molar-refractivity contribution in [2.24, 2.45) is 0 Å². The molecule has 2 nitrogen and oxygen atoms in total. The van der Waals surface area contributed by atoms with Crippen molar-refractivity contribution in [1.82, 2.24) is 9.38 Å². The fourth-order valence-electron chi connectivity index (χ4n) is 1.58. The quantitative estimate of drug-likeness (QED) is 0.684. The lowest BCUT2D eigenvalue weighted by Gasteiger charge is -1.93. The summed E-state index contributed by atoms with van der Waals surface area (Å²) < 4.78 is 2.10. The molecular weight excluding hydrogens is 160 g/mol. The maximum Gasteiger partial charge on any atom is 0.139 e. The van der Waals surface area contributed by atoms with Crippen LogP contribution in [0.4, 0.5) is 0 Å². The molecule has 2 heterocycles. The molecule has 2 heteroatoms. The molecular formula is C11H14N2. The zero-order valence-corrected chi connectivity index (χ0v) is 8.12. The summed E-state index contributed by atoms with van der Waals surface area (Å²) in [6.07, 6.45) is 6.39. The third kappa shape index (κ3) is 1.44. The Morgan fingerprint density at radius 1 is 1.46 bits per heavy atom. The van der Waals surface area contributed by atoms with Crippen LogP contribution in [-0.2, 0) is 6.42 Å². The average molecular weight is 174 g/mol. The molecule has 68 valence electrons. The van der Waals surface area contributed by atoms with Crippen LogP contribution in [0.2, 0.25) is 0 Å². The summed E-state index contributed by atoms with van der Waals surface area (Å²) in [7, 11) is 0. The second-order valence-corrected chi connectivity index (χ2v) is 3.40. The van der Waals surface area contributed by atoms with Crippen molar-refractivity contribution >= 4 is 5.65 Å². The minimum Gasteiger partial charge on any atom is -0.307 e. The van der Waals surface area contributed by atoms with Gasteiger partial charge in [-0.25, -0.2) is 4.98 Å². The number of pyridine rings is 1. The Balaban J connectivity index is 2.55. The number of hydrogen-bond donors (Lipinski definition) is 0. The molecule has 2 rings (SSSR count). The molecule has 0 saturated carbocycles. The Hall–Kier alpha value is -1.31. The van der Waals surface area contributed by atoms with Gasteiger partial charge in [0.25, 0.3) is 0 Å². The fraction of sp³-hybridized carbons (Fsp3) is 0.364. The van der Waals surface area contributed by atoms with E-state index in [1.807, 2.05) is 0 Å². The summed E-state index contributed by atoms with van der Waals surface area (Å²) in [4.78, 5) is 4.56. The van der Waals surface area contributed by atoms with Crippen molar-refractivity contribution in [3.8, 4) is 0 Å². The molecule has 0 atom stereocenters. The molecule has 0 bridgehead atoms. The predicted molar refractivity (Wildman–Crippen MR) is 53.9 cm³/mol. The van der Waals surface area contributed by atoms with Gasteiger partial charge in [0.15, 0.2) is 0 Å². The Morgan fingerprint density at radius 3 is 3.00 bits per heavy atom. The van der Waals surface area contributed by atoms with Crippen molar-refractivity contribution < 1.29 is 0 Å². The van der Waals surface area contributed by atoms with E-state index in [1.54, 1.807) is 0 Å². The average Bonchev–Trinajstić information content (AvgIpc) is 2.49. The molecule has 0 aliphatic rings. The van der Waals surface area contributed by atoms with Crippen LogP contribution in [0, 0.1) is 6.92 Å². The summed E-state index contributed by atoms with van der Waals surface area (Å²) in [6.45, 7) is 4.27. The van der Waals surface area contributed by atoms with E-state index in [1.165, 1.54) is 11.3 Å². The third-order valence-corrected chi connectivity index (χ3v) is 2.23. The molecule has 0 saturated heterocycles. The Bertz CT molecular complexity index is 415. The Labute approximate surface area is 78.2 Å². The van der Waals surface area contributed by atoms with E-state index in [0.29, 0.717) is 0 Å². The predicted octanol–water partition coefficient (Wildman–Crippen LogP) is 2.60. The van der Waals surface area contributed by atoms with Crippen LogP contribution in [0.25, 0.3) is 5.65 Å². The maximum absolute atomic E-state index is 4.56. The molecule has 13 heavy (non-hydrogen) atoms. The third-order valence-electron chi connectivity index (χ3n) is 2.23. The number of hydrogen-bond acceptors (Lipinski definition) is 1. The minimum absolute atomic E-state index is 1.07. The second kappa shape index (κ2) is 3.21. The summed E-state index contributed by atoms with van der Waals surface area (Å²) in [5.41, 5.74) is 3.52. The number of aromatic nitrogens is 2. The SMILES string of the molecule is CCCc1cn2cccc(C)c2n1. The van der Waals surface area contributed by atoms with E-state index in [4.69, 9.17) is 0 Å². The molecule has 0 aliphatic carbocycles. The van der Waals surface area contributed by atoms with Gasteiger partial charge >= 0.3 is 0 Å². The molecule has 0 radical (unpaired) electrons. The molecule has 2 aromatic rings. The second-order valence-electron chi connectivity index (χ2n) is 3.40. The number of imidazole rings is 1. The summed E-state index contributed by atoms with van der Waals surface area (Å²) >= 11 is 0. The molecule has 0 aliphatic heterocycles. The van der Waals surface area contributed by atoms with Gasteiger partial charge < -0.3 is 4.40 Å². The van der Waals surface area contributed by atoms with Gasteiger partial charge in [0.2, 0.25) is 0 Å². The Kier molecular flexibility index (Phi) is 2.05. The molecule has 0 amide bonds. The van der Waals surface area contributed by atoms with Gasteiger partial charge in [-0.05, 0) is 25.0 Å². The van der Waals surface area contributed by atoms with Gasteiger partial charge in [-0.2, -0.15) is 0 Å². The van der Waals surface area contributed by atoms with Crippen molar-refractivity contribution in [3.63, 3.8) is 0 Å². The van der Waals surface area contributed by atoms with Crippen LogP contribution >= 0.6 is 0 Å². The van der Waals surface area contributed by atoms with Crippen LogP contribution in [0.15, 0.2) is 24.5 Å². The largest absolute Gasteiger partial charge is 0.307 e. The van der Waals surface area contributed by atoms with E-state index < -0.39 is 0 Å². The molecule has 2 aromatic heterocycles. The highest BCUT2D eigenvalue weighted by Gasteiger charge is 2.01. The molecule has 0 fully saturated rings. The van der Waals surface area contributed by atoms with Crippen LogP contribution in [-0.4, -0.2) is 9.38 Å². The van der Waals surface area contributed by atoms with Crippen LogP contribution in [0.1, 0.15) is 24.6 Å². The summed E-state index contributed by atoms with van der Waals surface area (Å²) in [5, 5.41) is 0. The molecule has 0 unspecified atom stereocenters. The van der Waals surface area contributed by atoms with E-state index >= 15 is 0 Å². The normalized spacial score (nSPS) is 10.9. The van der Waals surface area contributed by atoms with E-state index in [0.717, 1.165) is 18.5 Å². The van der Waals surface area contributed by atoms with Crippen LogP contribution < -0.4 is 0 Å². The van der Waals surface area contributed by atoms with E-state index in [2.05, 4.69) is 47.8 Å². The maximum atomic E-state index is 4.56. The standard InChI is InChI=1S/C11H14N2/c1-3-5-10-8-13-7-4-6-9(2)11(13)12-10/h4,6-8H,3,5H2,1-2H3. The molecule has 0 spiro atoms. The first-order chi connectivity index (χ1) is 6.31. The van der Waals surface area contributed by atoms with Gasteiger partial charge in [-0.15, -0.1) is 0 Å². The van der Waals surface area contributed by atoms with Gasteiger partial charge in [0.1, 0.15) is 5.65 Å².